The molecule has 0 unspecified atom stereocenters. The summed E-state index contributed by atoms with van der Waals surface area (Å²) in [5.74, 6) is -0.443. The predicted octanol–water partition coefficient (Wildman–Crippen LogP) is 3.74. The maximum atomic E-state index is 12.0. The van der Waals surface area contributed by atoms with Gasteiger partial charge in [-0.25, -0.2) is 0 Å². The van der Waals surface area contributed by atoms with E-state index in [2.05, 4.69) is 5.32 Å². The van der Waals surface area contributed by atoms with E-state index in [1.807, 2.05) is 0 Å². The van der Waals surface area contributed by atoms with Crippen molar-refractivity contribution in [1.29, 1.82) is 0 Å². The number of nitro groups is 1. The SMILES string of the molecule is Nc1c(Cl)cc(NC(=O)c2ccc([N+](=O)[O-])cc2)cc1Cl. The third kappa shape index (κ3) is 3.42. The van der Waals surface area contributed by atoms with Crippen LogP contribution in [0, 0.1) is 10.1 Å². The third-order valence-corrected chi connectivity index (χ3v) is 3.30. The molecule has 3 N–H and O–H groups in total. The summed E-state index contributed by atoms with van der Waals surface area (Å²) >= 11 is 11.7. The van der Waals surface area contributed by atoms with Crippen molar-refractivity contribution in [2.75, 3.05) is 11.1 Å². The Bertz CT molecular complexity index is 694. The zero-order valence-electron chi connectivity index (χ0n) is 10.5. The summed E-state index contributed by atoms with van der Waals surface area (Å²) in [5.41, 5.74) is 6.38. The number of carbonyl (C=O) groups is 1. The second kappa shape index (κ2) is 5.99. The van der Waals surface area contributed by atoms with Crippen molar-refractivity contribution >= 4 is 46.2 Å². The molecule has 0 aliphatic rings. The van der Waals surface area contributed by atoms with Gasteiger partial charge in [-0.2, -0.15) is 0 Å². The number of nitro benzene ring substituents is 1. The zero-order valence-corrected chi connectivity index (χ0v) is 12.0. The van der Waals surface area contributed by atoms with Crippen molar-refractivity contribution in [2.24, 2.45) is 0 Å². The van der Waals surface area contributed by atoms with E-state index in [9.17, 15) is 14.9 Å². The van der Waals surface area contributed by atoms with Crippen LogP contribution in [0.4, 0.5) is 17.1 Å². The minimum atomic E-state index is -0.540. The van der Waals surface area contributed by atoms with E-state index < -0.39 is 10.8 Å². The van der Waals surface area contributed by atoms with E-state index in [1.165, 1.54) is 36.4 Å². The lowest BCUT2D eigenvalue weighted by Crippen LogP contribution is -2.12. The normalized spacial score (nSPS) is 10.2. The average Bonchev–Trinajstić information content (AvgIpc) is 2.44. The van der Waals surface area contributed by atoms with Gasteiger partial charge < -0.3 is 11.1 Å². The number of nitrogens with zero attached hydrogens (tertiary/aromatic N) is 1. The van der Waals surface area contributed by atoms with Crippen LogP contribution in [0.25, 0.3) is 0 Å². The molecular weight excluding hydrogens is 317 g/mol. The van der Waals surface area contributed by atoms with Gasteiger partial charge in [0.15, 0.2) is 0 Å². The topological polar surface area (TPSA) is 98.3 Å². The molecule has 0 aliphatic carbocycles. The predicted molar refractivity (Wildman–Crippen MR) is 81.9 cm³/mol. The number of carbonyl (C=O) groups excluding carboxylic acids is 1. The monoisotopic (exact) mass is 325 g/mol. The number of halogens is 2. The first-order valence-electron chi connectivity index (χ1n) is 5.69. The highest BCUT2D eigenvalue weighted by molar-refractivity contribution is 6.39. The Morgan fingerprint density at radius 1 is 1.14 bits per heavy atom. The van der Waals surface area contributed by atoms with Gasteiger partial charge in [0, 0.05) is 23.4 Å². The zero-order chi connectivity index (χ0) is 15.6. The highest BCUT2D eigenvalue weighted by atomic mass is 35.5. The van der Waals surface area contributed by atoms with Crippen molar-refractivity contribution < 1.29 is 9.72 Å². The molecular formula is C13H9Cl2N3O3. The number of hydrogen-bond donors (Lipinski definition) is 2. The number of hydrogen-bond acceptors (Lipinski definition) is 4. The first-order chi connectivity index (χ1) is 9.88. The molecule has 2 aromatic rings. The van der Waals surface area contributed by atoms with E-state index in [1.54, 1.807) is 0 Å². The van der Waals surface area contributed by atoms with Gasteiger partial charge in [-0.15, -0.1) is 0 Å². The summed E-state index contributed by atoms with van der Waals surface area (Å²) in [7, 11) is 0. The highest BCUT2D eigenvalue weighted by Crippen LogP contribution is 2.31. The molecule has 1 amide bonds. The van der Waals surface area contributed by atoms with Crippen molar-refractivity contribution in [3.8, 4) is 0 Å². The molecule has 6 nitrogen and oxygen atoms in total. The number of amides is 1. The summed E-state index contributed by atoms with van der Waals surface area (Å²) in [6.45, 7) is 0. The molecule has 0 saturated heterocycles. The lowest BCUT2D eigenvalue weighted by atomic mass is 10.2. The minimum absolute atomic E-state index is 0.0925. The molecule has 0 fully saturated rings. The fraction of sp³-hybridized carbons (Fsp3) is 0. The van der Waals surface area contributed by atoms with Gasteiger partial charge >= 0.3 is 0 Å². The summed E-state index contributed by atoms with van der Waals surface area (Å²) in [5, 5.41) is 13.6. The van der Waals surface area contributed by atoms with Crippen molar-refractivity contribution in [3.63, 3.8) is 0 Å². The van der Waals surface area contributed by atoms with Crippen LogP contribution in [0.15, 0.2) is 36.4 Å². The lowest BCUT2D eigenvalue weighted by molar-refractivity contribution is -0.384. The molecule has 0 bridgehead atoms. The van der Waals surface area contributed by atoms with Crippen LogP contribution in [-0.4, -0.2) is 10.8 Å². The fourth-order valence-electron chi connectivity index (χ4n) is 1.59. The smallest absolute Gasteiger partial charge is 0.269 e. The number of rotatable bonds is 3. The average molecular weight is 326 g/mol. The molecule has 8 heteroatoms. The summed E-state index contributed by atoms with van der Waals surface area (Å²) in [6, 6.07) is 8.13. The molecule has 0 spiro atoms. The Morgan fingerprint density at radius 3 is 2.14 bits per heavy atom. The molecule has 0 aliphatic heterocycles. The van der Waals surface area contributed by atoms with Crippen LogP contribution in [0.2, 0.25) is 10.0 Å². The van der Waals surface area contributed by atoms with Gasteiger partial charge in [-0.1, -0.05) is 23.2 Å². The fourth-order valence-corrected chi connectivity index (χ4v) is 2.08. The summed E-state index contributed by atoms with van der Waals surface area (Å²) < 4.78 is 0. The van der Waals surface area contributed by atoms with Gasteiger partial charge in [-0.05, 0) is 24.3 Å². The first-order valence-corrected chi connectivity index (χ1v) is 6.44. The number of non-ortho nitro benzene ring substituents is 1. The number of nitrogens with two attached hydrogens (primary N) is 1. The molecule has 0 radical (unpaired) electrons. The van der Waals surface area contributed by atoms with Gasteiger partial charge in [0.2, 0.25) is 0 Å². The lowest BCUT2D eigenvalue weighted by Gasteiger charge is -2.08. The molecule has 21 heavy (non-hydrogen) atoms. The van der Waals surface area contributed by atoms with E-state index in [-0.39, 0.29) is 27.0 Å². The standard InChI is InChI=1S/C13H9Cl2N3O3/c14-10-5-8(6-11(15)12(10)16)17-13(19)7-1-3-9(4-2-7)18(20)21/h1-6H,16H2,(H,17,19). The van der Waals surface area contributed by atoms with Crippen LogP contribution in [-0.2, 0) is 0 Å². The summed E-state index contributed by atoms with van der Waals surface area (Å²) in [6.07, 6.45) is 0. The number of nitrogen functional groups attached to an aromatic ring is 1. The quantitative estimate of drug-likeness (QED) is 0.510. The number of benzene rings is 2. The van der Waals surface area contributed by atoms with Crippen molar-refractivity contribution in [2.45, 2.75) is 0 Å². The van der Waals surface area contributed by atoms with Crippen LogP contribution in [0.3, 0.4) is 0 Å². The van der Waals surface area contributed by atoms with Crippen LogP contribution >= 0.6 is 23.2 Å². The third-order valence-electron chi connectivity index (χ3n) is 2.68. The Hall–Kier alpha value is -2.31. The molecule has 108 valence electrons. The molecule has 0 atom stereocenters. The van der Waals surface area contributed by atoms with Crippen LogP contribution < -0.4 is 11.1 Å². The molecule has 0 saturated carbocycles. The van der Waals surface area contributed by atoms with E-state index in [0.717, 1.165) is 0 Å². The van der Waals surface area contributed by atoms with Gasteiger partial charge in [-0.3, -0.25) is 14.9 Å². The molecule has 2 aromatic carbocycles. The Kier molecular flexibility index (Phi) is 4.30. The summed E-state index contributed by atoms with van der Waals surface area (Å²) in [4.78, 5) is 22.0. The maximum Gasteiger partial charge on any atom is 0.269 e. The van der Waals surface area contributed by atoms with Gasteiger partial charge in [0.05, 0.1) is 20.7 Å². The molecule has 0 aromatic heterocycles. The number of nitrogens with one attached hydrogen (secondary N) is 1. The second-order valence-electron chi connectivity index (χ2n) is 4.11. The second-order valence-corrected chi connectivity index (χ2v) is 4.93. The highest BCUT2D eigenvalue weighted by Gasteiger charge is 2.11. The molecule has 2 rings (SSSR count). The minimum Gasteiger partial charge on any atom is -0.396 e. The van der Waals surface area contributed by atoms with E-state index in [0.29, 0.717) is 5.69 Å². The Balaban J connectivity index is 2.20. The maximum absolute atomic E-state index is 12.0. The Labute approximate surface area is 129 Å². The van der Waals surface area contributed by atoms with E-state index >= 15 is 0 Å². The number of anilines is 2. The largest absolute Gasteiger partial charge is 0.396 e. The van der Waals surface area contributed by atoms with Crippen LogP contribution in [0.1, 0.15) is 10.4 Å². The van der Waals surface area contributed by atoms with Gasteiger partial charge in [0.1, 0.15) is 0 Å². The van der Waals surface area contributed by atoms with Crippen molar-refractivity contribution in [3.05, 3.63) is 62.1 Å². The first kappa shape index (κ1) is 15.1. The van der Waals surface area contributed by atoms with Gasteiger partial charge in [0.25, 0.3) is 11.6 Å². The molecule has 0 heterocycles. The van der Waals surface area contributed by atoms with Crippen LogP contribution in [0.5, 0.6) is 0 Å². The van der Waals surface area contributed by atoms with E-state index in [4.69, 9.17) is 28.9 Å². The van der Waals surface area contributed by atoms with Crippen molar-refractivity contribution in [1.82, 2.24) is 0 Å². The Morgan fingerprint density at radius 2 is 1.67 bits per heavy atom.